The topological polar surface area (TPSA) is 33.2 Å². The van der Waals surface area contributed by atoms with Crippen LogP contribution in [0.25, 0.3) is 10.9 Å². The van der Waals surface area contributed by atoms with Crippen LogP contribution < -0.4 is 0 Å². The molecule has 1 aromatic heterocycles. The summed E-state index contributed by atoms with van der Waals surface area (Å²) in [4.78, 5) is 19.7. The summed E-state index contributed by atoms with van der Waals surface area (Å²) in [6.07, 6.45) is 1.74. The molecule has 25 heavy (non-hydrogen) atoms. The highest BCUT2D eigenvalue weighted by molar-refractivity contribution is 7.99. The van der Waals surface area contributed by atoms with Gasteiger partial charge >= 0.3 is 0 Å². The number of thioether (sulfide) groups is 1. The van der Waals surface area contributed by atoms with E-state index in [1.54, 1.807) is 6.20 Å². The third-order valence-corrected chi connectivity index (χ3v) is 5.78. The van der Waals surface area contributed by atoms with Gasteiger partial charge in [-0.1, -0.05) is 41.9 Å². The highest BCUT2D eigenvalue weighted by Crippen LogP contribution is 2.32. The number of fused-ring (bicyclic) bond motifs is 1. The van der Waals surface area contributed by atoms with E-state index < -0.39 is 0 Å². The molecule has 1 aliphatic rings. The first-order valence-corrected chi connectivity index (χ1v) is 9.75. The lowest BCUT2D eigenvalue weighted by Gasteiger charge is -2.36. The van der Waals surface area contributed by atoms with Crippen LogP contribution in [-0.4, -0.2) is 33.8 Å². The third-order valence-electron chi connectivity index (χ3n) is 4.51. The molecule has 1 fully saturated rings. The van der Waals surface area contributed by atoms with E-state index in [0.29, 0.717) is 10.6 Å². The largest absolute Gasteiger partial charge is 0.330 e. The van der Waals surface area contributed by atoms with Gasteiger partial charge in [0.05, 0.1) is 17.1 Å². The molecule has 0 bridgehead atoms. The van der Waals surface area contributed by atoms with E-state index in [-0.39, 0.29) is 11.9 Å². The Bertz CT molecular complexity index is 908. The molecule has 1 atom stereocenters. The molecule has 0 N–H and O–H groups in total. The van der Waals surface area contributed by atoms with Crippen molar-refractivity contribution in [1.82, 2.24) is 9.88 Å². The molecule has 1 aliphatic heterocycles. The van der Waals surface area contributed by atoms with Gasteiger partial charge in [0.15, 0.2) is 0 Å². The number of nitrogens with zero attached hydrogens (tertiary/aromatic N) is 2. The number of hydrogen-bond donors (Lipinski definition) is 0. The number of carbonyl (C=O) groups excluding carboxylic acids is 1. The van der Waals surface area contributed by atoms with E-state index in [0.717, 1.165) is 34.5 Å². The predicted octanol–water partition coefficient (Wildman–Crippen LogP) is 4.82. The van der Waals surface area contributed by atoms with Gasteiger partial charge in [-0.25, -0.2) is 0 Å². The molecule has 1 saturated heterocycles. The van der Waals surface area contributed by atoms with E-state index in [1.165, 1.54) is 0 Å². The van der Waals surface area contributed by atoms with E-state index in [4.69, 9.17) is 11.6 Å². The lowest BCUT2D eigenvalue weighted by molar-refractivity contribution is 0.0703. The second kappa shape index (κ2) is 7.06. The quantitative estimate of drug-likeness (QED) is 0.650. The van der Waals surface area contributed by atoms with Crippen molar-refractivity contribution >= 4 is 40.2 Å². The zero-order valence-electron chi connectivity index (χ0n) is 13.6. The van der Waals surface area contributed by atoms with Gasteiger partial charge in [-0.2, -0.15) is 11.8 Å². The molecule has 0 radical (unpaired) electrons. The monoisotopic (exact) mass is 368 g/mol. The fourth-order valence-electron chi connectivity index (χ4n) is 3.24. The van der Waals surface area contributed by atoms with E-state index in [1.807, 2.05) is 71.3 Å². The fraction of sp³-hybridized carbons (Fsp3) is 0.200. The molecule has 5 heteroatoms. The first kappa shape index (κ1) is 16.4. The lowest BCUT2D eigenvalue weighted by atomic mass is 10.0. The molecule has 4 rings (SSSR count). The molecule has 2 aromatic carbocycles. The van der Waals surface area contributed by atoms with Crippen molar-refractivity contribution in [3.63, 3.8) is 0 Å². The second-order valence-corrected chi connectivity index (χ2v) is 7.61. The Balaban J connectivity index is 1.72. The number of rotatable bonds is 2. The minimum atomic E-state index is 0.0459. The lowest BCUT2D eigenvalue weighted by Crippen LogP contribution is -2.40. The zero-order chi connectivity index (χ0) is 17.2. The SMILES string of the molecule is O=C(c1cccc2cccnc12)N1CCSCC1c1ccc(Cl)cc1. The molecule has 3 nitrogen and oxygen atoms in total. The van der Waals surface area contributed by atoms with Crippen LogP contribution in [0.2, 0.25) is 5.02 Å². The smallest absolute Gasteiger partial charge is 0.256 e. The molecule has 0 spiro atoms. The normalized spacial score (nSPS) is 17.6. The minimum absolute atomic E-state index is 0.0459. The number of aromatic nitrogens is 1. The maximum Gasteiger partial charge on any atom is 0.256 e. The molecule has 1 unspecified atom stereocenters. The van der Waals surface area contributed by atoms with Crippen LogP contribution in [0.5, 0.6) is 0 Å². The van der Waals surface area contributed by atoms with Gasteiger partial charge in [0.1, 0.15) is 0 Å². The Morgan fingerprint density at radius 2 is 1.92 bits per heavy atom. The predicted molar refractivity (Wildman–Crippen MR) is 104 cm³/mol. The van der Waals surface area contributed by atoms with Crippen molar-refractivity contribution in [1.29, 1.82) is 0 Å². The van der Waals surface area contributed by atoms with Crippen molar-refractivity contribution in [3.8, 4) is 0 Å². The first-order chi connectivity index (χ1) is 12.2. The summed E-state index contributed by atoms with van der Waals surface area (Å²) in [5, 5.41) is 1.70. The highest BCUT2D eigenvalue weighted by Gasteiger charge is 2.30. The van der Waals surface area contributed by atoms with Gasteiger partial charge in [0, 0.05) is 34.7 Å². The molecule has 0 saturated carbocycles. The molecular weight excluding hydrogens is 352 g/mol. The standard InChI is InChI=1S/C20H17ClN2OS/c21-16-8-6-14(7-9-16)18-13-25-12-11-23(18)20(24)17-5-1-3-15-4-2-10-22-19(15)17/h1-10,18H,11-13H2. The van der Waals surface area contributed by atoms with Gasteiger partial charge in [0.25, 0.3) is 5.91 Å². The van der Waals surface area contributed by atoms with Crippen molar-refractivity contribution in [2.45, 2.75) is 6.04 Å². The first-order valence-electron chi connectivity index (χ1n) is 8.22. The summed E-state index contributed by atoms with van der Waals surface area (Å²) in [6, 6.07) is 17.5. The molecule has 0 aliphatic carbocycles. The van der Waals surface area contributed by atoms with Crippen LogP contribution in [-0.2, 0) is 0 Å². The van der Waals surface area contributed by atoms with Crippen molar-refractivity contribution < 1.29 is 4.79 Å². The number of amides is 1. The van der Waals surface area contributed by atoms with E-state index in [2.05, 4.69) is 4.98 Å². The van der Waals surface area contributed by atoms with Crippen molar-refractivity contribution in [3.05, 3.63) is 76.9 Å². The Morgan fingerprint density at radius 3 is 2.76 bits per heavy atom. The Hall–Kier alpha value is -2.04. The highest BCUT2D eigenvalue weighted by atomic mass is 35.5. The van der Waals surface area contributed by atoms with Gasteiger partial charge in [-0.3, -0.25) is 9.78 Å². The summed E-state index contributed by atoms with van der Waals surface area (Å²) >= 11 is 7.90. The maximum atomic E-state index is 13.3. The Morgan fingerprint density at radius 1 is 1.12 bits per heavy atom. The number of benzene rings is 2. The average Bonchev–Trinajstić information content (AvgIpc) is 2.68. The van der Waals surface area contributed by atoms with Crippen molar-refractivity contribution in [2.75, 3.05) is 18.1 Å². The Labute approximate surface area is 156 Å². The van der Waals surface area contributed by atoms with Gasteiger partial charge in [0.2, 0.25) is 0 Å². The molecule has 3 aromatic rings. The number of pyridine rings is 1. The van der Waals surface area contributed by atoms with Crippen LogP contribution in [0.4, 0.5) is 0 Å². The van der Waals surface area contributed by atoms with Crippen LogP contribution >= 0.6 is 23.4 Å². The second-order valence-electron chi connectivity index (χ2n) is 6.02. The maximum absolute atomic E-state index is 13.3. The van der Waals surface area contributed by atoms with Crippen LogP contribution in [0, 0.1) is 0 Å². The molecular formula is C20H17ClN2OS. The van der Waals surface area contributed by atoms with Gasteiger partial charge in [-0.05, 0) is 29.8 Å². The van der Waals surface area contributed by atoms with Crippen LogP contribution in [0.1, 0.15) is 22.0 Å². The van der Waals surface area contributed by atoms with Crippen LogP contribution in [0.3, 0.4) is 0 Å². The summed E-state index contributed by atoms with van der Waals surface area (Å²) in [5.41, 5.74) is 2.56. The van der Waals surface area contributed by atoms with E-state index >= 15 is 0 Å². The molecule has 126 valence electrons. The molecule has 2 heterocycles. The number of halogens is 1. The number of para-hydroxylation sites is 1. The van der Waals surface area contributed by atoms with Crippen molar-refractivity contribution in [2.24, 2.45) is 0 Å². The average molecular weight is 369 g/mol. The summed E-state index contributed by atoms with van der Waals surface area (Å²) in [6.45, 7) is 0.736. The van der Waals surface area contributed by atoms with Crippen LogP contribution in [0.15, 0.2) is 60.8 Å². The van der Waals surface area contributed by atoms with Gasteiger partial charge < -0.3 is 4.90 Å². The Kier molecular flexibility index (Phi) is 4.64. The molecule has 1 amide bonds. The summed E-state index contributed by atoms with van der Waals surface area (Å²) < 4.78 is 0. The van der Waals surface area contributed by atoms with E-state index in [9.17, 15) is 4.79 Å². The summed E-state index contributed by atoms with van der Waals surface area (Å²) in [5.74, 6) is 1.89. The number of carbonyl (C=O) groups is 1. The fourth-order valence-corrected chi connectivity index (χ4v) is 4.45. The summed E-state index contributed by atoms with van der Waals surface area (Å²) in [7, 11) is 0. The zero-order valence-corrected chi connectivity index (χ0v) is 15.1. The number of hydrogen-bond acceptors (Lipinski definition) is 3. The minimum Gasteiger partial charge on any atom is -0.330 e. The van der Waals surface area contributed by atoms with Gasteiger partial charge in [-0.15, -0.1) is 0 Å². The third kappa shape index (κ3) is 3.24.